The molecule has 2 heterocycles. The van der Waals surface area contributed by atoms with Crippen LogP contribution in [0.1, 0.15) is 19.3 Å². The van der Waals surface area contributed by atoms with E-state index < -0.39 is 5.82 Å². The summed E-state index contributed by atoms with van der Waals surface area (Å²) in [5.74, 6) is 1.16. The van der Waals surface area contributed by atoms with Crippen molar-refractivity contribution < 1.29 is 19.0 Å². The molecule has 0 spiro atoms. The van der Waals surface area contributed by atoms with Crippen molar-refractivity contribution in [1.29, 1.82) is 0 Å². The van der Waals surface area contributed by atoms with Gasteiger partial charge in [-0.2, -0.15) is 0 Å². The van der Waals surface area contributed by atoms with E-state index >= 15 is 0 Å². The van der Waals surface area contributed by atoms with Crippen LogP contribution in [0.15, 0.2) is 66.7 Å². The fourth-order valence-corrected chi connectivity index (χ4v) is 5.29. The molecule has 4 aromatic rings. The summed E-state index contributed by atoms with van der Waals surface area (Å²) < 4.78 is 27.3. The number of aromatic hydroxyl groups is 1. The third-order valence-electron chi connectivity index (χ3n) is 5.93. The van der Waals surface area contributed by atoms with E-state index in [0.29, 0.717) is 23.7 Å². The molecular weight excluding hydrogens is 437 g/mol. The van der Waals surface area contributed by atoms with Gasteiger partial charge in [0.2, 0.25) is 0 Å². The smallest absolute Gasteiger partial charge is 0.165 e. The summed E-state index contributed by atoms with van der Waals surface area (Å²) in [6, 6.07) is 20.0. The van der Waals surface area contributed by atoms with Gasteiger partial charge in [0, 0.05) is 16.6 Å². The quantitative estimate of drug-likeness (QED) is 0.318. The first kappa shape index (κ1) is 21.7. The molecule has 1 aliphatic heterocycles. The van der Waals surface area contributed by atoms with Gasteiger partial charge in [0.25, 0.3) is 0 Å². The maximum Gasteiger partial charge on any atom is 0.165 e. The monoisotopic (exact) mass is 463 g/mol. The molecular formula is C27H26FNO3S. The minimum absolute atomic E-state index is 0.363. The molecule has 1 aliphatic rings. The summed E-state index contributed by atoms with van der Waals surface area (Å²) >= 11 is 1.54. The van der Waals surface area contributed by atoms with E-state index in [1.165, 1.54) is 42.7 Å². The number of ether oxygens (including phenoxy) is 2. The predicted molar refractivity (Wildman–Crippen MR) is 131 cm³/mol. The number of rotatable bonds is 7. The van der Waals surface area contributed by atoms with Crippen LogP contribution < -0.4 is 9.47 Å². The van der Waals surface area contributed by atoms with Crippen LogP contribution in [0, 0.1) is 5.82 Å². The Labute approximate surface area is 196 Å². The Kier molecular flexibility index (Phi) is 6.46. The van der Waals surface area contributed by atoms with Crippen molar-refractivity contribution >= 4 is 21.4 Å². The average Bonchev–Trinajstić information content (AvgIpc) is 3.21. The molecule has 33 heavy (non-hydrogen) atoms. The topological polar surface area (TPSA) is 41.9 Å². The molecule has 4 nitrogen and oxygen atoms in total. The fraction of sp³-hybridized carbons (Fsp3) is 0.259. The van der Waals surface area contributed by atoms with Crippen LogP contribution in [-0.4, -0.2) is 36.2 Å². The summed E-state index contributed by atoms with van der Waals surface area (Å²) in [6.45, 7) is 3.95. The van der Waals surface area contributed by atoms with E-state index in [1.54, 1.807) is 6.07 Å². The molecule has 1 aromatic heterocycles. The van der Waals surface area contributed by atoms with Gasteiger partial charge < -0.3 is 14.6 Å². The molecule has 0 radical (unpaired) electrons. The molecule has 6 heteroatoms. The van der Waals surface area contributed by atoms with Gasteiger partial charge in [0.05, 0.1) is 4.88 Å². The van der Waals surface area contributed by atoms with Crippen LogP contribution in [0.4, 0.5) is 4.39 Å². The lowest BCUT2D eigenvalue weighted by atomic mass is 10.1. The Balaban J connectivity index is 1.33. The van der Waals surface area contributed by atoms with Crippen LogP contribution in [0.25, 0.3) is 20.5 Å². The van der Waals surface area contributed by atoms with Crippen LogP contribution in [0.2, 0.25) is 0 Å². The number of nitrogens with zero attached hydrogens (tertiary/aromatic N) is 1. The number of likely N-dealkylation sites (tertiary alicyclic amines) is 1. The molecule has 1 saturated heterocycles. The maximum atomic E-state index is 14.0. The van der Waals surface area contributed by atoms with Gasteiger partial charge >= 0.3 is 0 Å². The summed E-state index contributed by atoms with van der Waals surface area (Å²) in [4.78, 5) is 3.27. The van der Waals surface area contributed by atoms with Gasteiger partial charge in [-0.05, 0) is 86.1 Å². The molecule has 170 valence electrons. The molecule has 1 N–H and O–H groups in total. The first-order valence-electron chi connectivity index (χ1n) is 11.3. The Morgan fingerprint density at radius 3 is 2.45 bits per heavy atom. The molecule has 0 bridgehead atoms. The third-order valence-corrected chi connectivity index (χ3v) is 7.13. The van der Waals surface area contributed by atoms with Crippen molar-refractivity contribution in [2.24, 2.45) is 0 Å². The molecule has 0 atom stereocenters. The number of fused-ring (bicyclic) bond motifs is 1. The first-order chi connectivity index (χ1) is 16.2. The van der Waals surface area contributed by atoms with Crippen molar-refractivity contribution in [1.82, 2.24) is 4.90 Å². The van der Waals surface area contributed by atoms with Gasteiger partial charge in [-0.1, -0.05) is 18.6 Å². The Hall–Kier alpha value is -3.09. The van der Waals surface area contributed by atoms with Gasteiger partial charge in [0.1, 0.15) is 18.1 Å². The summed E-state index contributed by atoms with van der Waals surface area (Å²) in [5.41, 5.74) is 0.666. The van der Waals surface area contributed by atoms with Gasteiger partial charge in [-0.15, -0.1) is 11.3 Å². The number of phenolic OH excluding ortho intramolecular Hbond substituents is 1. The molecule has 0 saturated carbocycles. The average molecular weight is 464 g/mol. The zero-order valence-electron chi connectivity index (χ0n) is 18.3. The van der Waals surface area contributed by atoms with Crippen molar-refractivity contribution in [3.63, 3.8) is 0 Å². The summed E-state index contributed by atoms with van der Waals surface area (Å²) in [6.07, 6.45) is 3.89. The number of phenols is 1. The molecule has 5 rings (SSSR count). The predicted octanol–water partition coefficient (Wildman–Crippen LogP) is 7.07. The lowest BCUT2D eigenvalue weighted by Gasteiger charge is -2.26. The van der Waals surface area contributed by atoms with Crippen molar-refractivity contribution in [2.45, 2.75) is 19.3 Å². The van der Waals surface area contributed by atoms with Crippen LogP contribution in [-0.2, 0) is 0 Å². The zero-order valence-corrected chi connectivity index (χ0v) is 19.1. The second-order valence-corrected chi connectivity index (χ2v) is 9.30. The Bertz CT molecular complexity index is 1230. The van der Waals surface area contributed by atoms with Gasteiger partial charge in [0.15, 0.2) is 17.3 Å². The molecule has 1 fully saturated rings. The molecule has 0 amide bonds. The number of halogens is 1. The van der Waals surface area contributed by atoms with E-state index in [2.05, 4.69) is 4.90 Å². The van der Waals surface area contributed by atoms with Crippen molar-refractivity contribution in [3.05, 3.63) is 72.5 Å². The molecule has 3 aromatic carbocycles. The largest absolute Gasteiger partial charge is 0.505 e. The molecule has 0 unspecified atom stereocenters. The lowest BCUT2D eigenvalue weighted by Crippen LogP contribution is -2.33. The van der Waals surface area contributed by atoms with E-state index in [4.69, 9.17) is 9.47 Å². The minimum atomic E-state index is -0.651. The minimum Gasteiger partial charge on any atom is -0.505 e. The maximum absolute atomic E-state index is 14.0. The van der Waals surface area contributed by atoms with Crippen LogP contribution in [0.3, 0.4) is 0 Å². The number of hydrogen-bond acceptors (Lipinski definition) is 5. The van der Waals surface area contributed by atoms with E-state index in [1.807, 2.05) is 48.5 Å². The van der Waals surface area contributed by atoms with Crippen molar-refractivity contribution in [3.8, 4) is 33.4 Å². The Morgan fingerprint density at radius 2 is 1.67 bits per heavy atom. The van der Waals surface area contributed by atoms with E-state index in [0.717, 1.165) is 40.3 Å². The van der Waals surface area contributed by atoms with E-state index in [9.17, 15) is 9.50 Å². The van der Waals surface area contributed by atoms with E-state index in [-0.39, 0.29) is 5.75 Å². The summed E-state index contributed by atoms with van der Waals surface area (Å²) in [5, 5.41) is 10.5. The second kappa shape index (κ2) is 9.81. The second-order valence-electron chi connectivity index (χ2n) is 8.25. The van der Waals surface area contributed by atoms with Crippen LogP contribution >= 0.6 is 11.3 Å². The zero-order chi connectivity index (χ0) is 22.6. The SMILES string of the molecule is Oc1ccc(-c2sc3ccccc3c2Oc2ccc(OCCN3CCCCC3)cc2)cc1F. The molecule has 0 aliphatic carbocycles. The lowest BCUT2D eigenvalue weighted by molar-refractivity contribution is 0.183. The van der Waals surface area contributed by atoms with Crippen molar-refractivity contribution in [2.75, 3.05) is 26.2 Å². The van der Waals surface area contributed by atoms with Crippen LogP contribution in [0.5, 0.6) is 23.0 Å². The van der Waals surface area contributed by atoms with Gasteiger partial charge in [-0.25, -0.2) is 4.39 Å². The number of piperidine rings is 1. The third kappa shape index (κ3) is 4.97. The highest BCUT2D eigenvalue weighted by molar-refractivity contribution is 7.22. The highest BCUT2D eigenvalue weighted by Gasteiger charge is 2.17. The van der Waals surface area contributed by atoms with Gasteiger partial charge in [-0.3, -0.25) is 4.90 Å². The standard InChI is InChI=1S/C27H26FNO3S/c28-23-18-19(8-13-24(23)30)27-26(22-6-2-3-7-25(22)33-27)32-21-11-9-20(10-12-21)31-17-16-29-14-4-1-5-15-29/h2-3,6-13,18,30H,1,4-5,14-17H2. The highest BCUT2D eigenvalue weighted by Crippen LogP contribution is 2.46. The number of benzene rings is 3. The summed E-state index contributed by atoms with van der Waals surface area (Å²) in [7, 11) is 0. The number of thiophene rings is 1. The fourth-order valence-electron chi connectivity index (χ4n) is 4.16. The first-order valence-corrected chi connectivity index (χ1v) is 12.1. The normalized spacial score (nSPS) is 14.5. The Morgan fingerprint density at radius 1 is 0.909 bits per heavy atom. The number of hydrogen-bond donors (Lipinski definition) is 1. The highest BCUT2D eigenvalue weighted by atomic mass is 32.1.